The zero-order valence-electron chi connectivity index (χ0n) is 32.0. The molecule has 1 aliphatic rings. The Morgan fingerprint density at radius 2 is 0.431 bits per heavy atom. The van der Waals surface area contributed by atoms with Crippen molar-refractivity contribution >= 4 is 72.6 Å². The van der Waals surface area contributed by atoms with Crippen molar-refractivity contribution < 1.29 is 9.13 Å². The van der Waals surface area contributed by atoms with E-state index in [-0.39, 0.29) is 11.3 Å². The molecule has 0 N–H and O–H groups in total. The second-order valence-electron chi connectivity index (χ2n) is 14.7. The van der Waals surface area contributed by atoms with Gasteiger partial charge in [0.15, 0.2) is 0 Å². The molecule has 4 atom stereocenters. The van der Waals surface area contributed by atoms with Gasteiger partial charge in [0.1, 0.15) is 14.3 Å². The zero-order chi connectivity index (χ0) is 39.4. The molecule has 0 unspecified atom stereocenters. The normalized spacial score (nSPS) is 18.1. The number of hydrogen-bond donors (Lipinski definition) is 0. The molecule has 0 spiro atoms. The summed E-state index contributed by atoms with van der Waals surface area (Å²) in [4.78, 5) is 0. The molecule has 0 bridgehead atoms. The third-order valence-corrected chi connectivity index (χ3v) is 25.6. The lowest BCUT2D eigenvalue weighted by atomic mass is 9.96. The van der Waals surface area contributed by atoms with E-state index in [1.165, 1.54) is 21.2 Å². The zero-order valence-corrected chi connectivity index (χ0v) is 35.6. The van der Waals surface area contributed by atoms with Crippen LogP contribution in [0, 0.1) is 0 Å². The van der Waals surface area contributed by atoms with E-state index in [1.54, 1.807) is 0 Å². The van der Waals surface area contributed by atoms with Crippen LogP contribution in [-0.4, -0.2) is 22.6 Å². The van der Waals surface area contributed by atoms with Crippen LogP contribution in [0.4, 0.5) is 0 Å². The van der Waals surface area contributed by atoms with Crippen LogP contribution in [0.15, 0.2) is 243 Å². The second kappa shape index (κ2) is 17.1. The van der Waals surface area contributed by atoms with E-state index in [9.17, 15) is 0 Å². The minimum absolute atomic E-state index is 0.122. The van der Waals surface area contributed by atoms with Crippen molar-refractivity contribution in [2.24, 2.45) is 0 Å². The van der Waals surface area contributed by atoms with E-state index >= 15 is 9.13 Å². The van der Waals surface area contributed by atoms with Gasteiger partial charge in [0, 0.05) is 43.9 Å². The molecule has 0 heterocycles. The summed E-state index contributed by atoms with van der Waals surface area (Å²) in [6.07, 6.45) is 0. The molecule has 0 radical (unpaired) electrons. The molecule has 58 heavy (non-hydrogen) atoms. The standard InChI is InChI=1S/C52H44O2P4/c53-57(45-33-17-5-18-34-45,46-35-19-6-20-36-46)51-49(55(41-25-9-1-10-26-41)42-27-11-2-12-28-42)50(56(43-29-13-3-14-30-43)44-31-15-4-16-32-44)52(51)58(54,47-37-21-7-22-38-47)48-39-23-8-24-40-48/h1-40,49-52H/t49-,50-,51-,52-/m0/s1. The Hall–Kier alpha value is -4.92. The van der Waals surface area contributed by atoms with E-state index in [0.717, 1.165) is 21.2 Å². The first-order valence-corrected chi connectivity index (χ1v) is 26.2. The van der Waals surface area contributed by atoms with Crippen LogP contribution < -0.4 is 42.4 Å². The van der Waals surface area contributed by atoms with Gasteiger partial charge in [-0.2, -0.15) is 0 Å². The van der Waals surface area contributed by atoms with Gasteiger partial charge in [0.25, 0.3) is 0 Å². The first-order chi connectivity index (χ1) is 28.6. The van der Waals surface area contributed by atoms with Crippen LogP contribution >= 0.6 is 30.1 Å². The molecule has 8 aromatic carbocycles. The Morgan fingerprint density at radius 3 is 0.621 bits per heavy atom. The van der Waals surface area contributed by atoms with Crippen molar-refractivity contribution in [3.8, 4) is 0 Å². The molecule has 0 saturated heterocycles. The van der Waals surface area contributed by atoms with Crippen LogP contribution in [-0.2, 0) is 9.13 Å². The smallest absolute Gasteiger partial charge is 0.147 e. The lowest BCUT2D eigenvalue weighted by molar-refractivity contribution is 0.489. The average molecular weight is 825 g/mol. The lowest BCUT2D eigenvalue weighted by Gasteiger charge is -2.61. The molecular formula is C52H44O2P4. The summed E-state index contributed by atoms with van der Waals surface area (Å²) in [5.74, 6) is 0. The minimum Gasteiger partial charge on any atom is -0.313 e. The molecule has 0 aliphatic heterocycles. The number of rotatable bonds is 12. The van der Waals surface area contributed by atoms with Crippen LogP contribution in [0.1, 0.15) is 0 Å². The number of benzene rings is 8. The van der Waals surface area contributed by atoms with E-state index in [2.05, 4.69) is 170 Å². The predicted octanol–water partition coefficient (Wildman–Crippen LogP) is 9.77. The van der Waals surface area contributed by atoms with E-state index in [1.807, 2.05) is 72.8 Å². The van der Waals surface area contributed by atoms with Crippen molar-refractivity contribution in [3.63, 3.8) is 0 Å². The quantitative estimate of drug-likeness (QED) is 0.115. The van der Waals surface area contributed by atoms with Crippen molar-refractivity contribution in [1.29, 1.82) is 0 Å². The van der Waals surface area contributed by atoms with Crippen LogP contribution in [0.5, 0.6) is 0 Å². The molecule has 8 aromatic rings. The first kappa shape index (κ1) is 38.6. The minimum atomic E-state index is -3.58. The Kier molecular flexibility index (Phi) is 11.4. The van der Waals surface area contributed by atoms with Crippen LogP contribution in [0.25, 0.3) is 0 Å². The van der Waals surface area contributed by atoms with Crippen molar-refractivity contribution in [2.45, 2.75) is 22.6 Å². The summed E-state index contributed by atoms with van der Waals surface area (Å²) >= 11 is 0. The summed E-state index contributed by atoms with van der Waals surface area (Å²) in [6.45, 7) is 0. The van der Waals surface area contributed by atoms with E-state index in [4.69, 9.17) is 0 Å². The van der Waals surface area contributed by atoms with E-state index < -0.39 is 41.4 Å². The van der Waals surface area contributed by atoms with Gasteiger partial charge in [-0.05, 0) is 37.1 Å². The fourth-order valence-corrected chi connectivity index (χ4v) is 26.3. The van der Waals surface area contributed by atoms with E-state index in [0.29, 0.717) is 0 Å². The van der Waals surface area contributed by atoms with Gasteiger partial charge in [-0.25, -0.2) is 0 Å². The van der Waals surface area contributed by atoms with Crippen LogP contribution in [0.2, 0.25) is 0 Å². The molecule has 2 nitrogen and oxygen atoms in total. The maximum atomic E-state index is 17.4. The monoisotopic (exact) mass is 824 g/mol. The van der Waals surface area contributed by atoms with Crippen molar-refractivity contribution in [2.75, 3.05) is 0 Å². The maximum Gasteiger partial charge on any atom is 0.147 e. The second-order valence-corrected chi connectivity index (χ2v) is 25.3. The molecule has 1 fully saturated rings. The lowest BCUT2D eigenvalue weighted by Crippen LogP contribution is -2.66. The highest BCUT2D eigenvalue weighted by Crippen LogP contribution is 2.77. The largest absolute Gasteiger partial charge is 0.313 e. The SMILES string of the molecule is O=P(c1ccccc1)(c1ccccc1)[C@H]1[C@@H](P(c2ccccc2)c2ccccc2)[C@H](P(c2ccccc2)c2ccccc2)[C@@H]1P(=O)(c1ccccc1)c1ccccc1. The molecule has 1 saturated carbocycles. The van der Waals surface area contributed by atoms with Crippen LogP contribution in [0.3, 0.4) is 0 Å². The molecule has 284 valence electrons. The highest BCUT2D eigenvalue weighted by Gasteiger charge is 2.68. The third-order valence-electron chi connectivity index (χ3n) is 11.5. The highest BCUT2D eigenvalue weighted by molar-refractivity contribution is 7.87. The summed E-state index contributed by atoms with van der Waals surface area (Å²) < 4.78 is 34.9. The summed E-state index contributed by atoms with van der Waals surface area (Å²) in [5.41, 5.74) is -1.19. The Balaban J connectivity index is 1.44. The van der Waals surface area contributed by atoms with Gasteiger partial charge < -0.3 is 9.13 Å². The summed E-state index contributed by atoms with van der Waals surface area (Å²) in [5, 5.41) is 8.19. The Labute approximate surface area is 345 Å². The molecular weight excluding hydrogens is 780 g/mol. The third kappa shape index (κ3) is 7.02. The molecule has 0 aromatic heterocycles. The Morgan fingerprint density at radius 1 is 0.259 bits per heavy atom. The number of hydrogen-bond acceptors (Lipinski definition) is 2. The summed E-state index contributed by atoms with van der Waals surface area (Å²) in [6, 6.07) is 84.0. The molecule has 0 amide bonds. The van der Waals surface area contributed by atoms with Gasteiger partial charge >= 0.3 is 0 Å². The highest BCUT2D eigenvalue weighted by atomic mass is 31.2. The van der Waals surface area contributed by atoms with Gasteiger partial charge in [-0.1, -0.05) is 243 Å². The molecule has 6 heteroatoms. The Bertz CT molecular complexity index is 2280. The van der Waals surface area contributed by atoms with Gasteiger partial charge in [-0.3, -0.25) is 0 Å². The van der Waals surface area contributed by atoms with Gasteiger partial charge in [0.2, 0.25) is 0 Å². The van der Waals surface area contributed by atoms with Crippen molar-refractivity contribution in [1.82, 2.24) is 0 Å². The fraction of sp³-hybridized carbons (Fsp3) is 0.0769. The first-order valence-electron chi connectivity index (χ1n) is 19.8. The molecule has 9 rings (SSSR count). The predicted molar refractivity (Wildman–Crippen MR) is 253 cm³/mol. The van der Waals surface area contributed by atoms with Gasteiger partial charge in [-0.15, -0.1) is 0 Å². The average Bonchev–Trinajstić information content (AvgIpc) is 3.31. The summed E-state index contributed by atoms with van der Waals surface area (Å²) in [7, 11) is -9.46. The maximum absolute atomic E-state index is 17.4. The molecule has 1 aliphatic carbocycles. The van der Waals surface area contributed by atoms with Gasteiger partial charge in [0.05, 0.1) is 0 Å². The fourth-order valence-electron chi connectivity index (χ4n) is 9.06. The topological polar surface area (TPSA) is 34.1 Å². The van der Waals surface area contributed by atoms with Crippen molar-refractivity contribution in [3.05, 3.63) is 243 Å².